The van der Waals surface area contributed by atoms with Crippen molar-refractivity contribution in [2.24, 2.45) is 0 Å². The van der Waals surface area contributed by atoms with Crippen molar-refractivity contribution in [1.29, 1.82) is 0 Å². The van der Waals surface area contributed by atoms with E-state index in [4.69, 9.17) is 132 Å². The lowest BCUT2D eigenvalue weighted by atomic mass is 8.56. The number of carbonyl (C=O) groups is 2. The van der Waals surface area contributed by atoms with Crippen LogP contribution < -0.4 is 0 Å². The van der Waals surface area contributed by atoms with E-state index in [0.717, 1.165) is 27.8 Å². The smallest absolute Gasteiger partial charge is 0.337 e. The first-order valence-electron chi connectivity index (χ1n) is 21.4. The molecule has 0 aliphatic heterocycles. The van der Waals surface area contributed by atoms with Crippen molar-refractivity contribution in [1.82, 2.24) is 0 Å². The minimum Gasteiger partial charge on any atom is -0.508 e. The molecule has 4 aromatic rings. The monoisotopic (exact) mass is 955 g/mol. The number of benzene rings is 4. The van der Waals surface area contributed by atoms with E-state index in [2.05, 4.69) is 38.6 Å². The lowest BCUT2D eigenvalue weighted by Gasteiger charge is -2.29. The molecule has 0 spiro atoms. The van der Waals surface area contributed by atoms with Gasteiger partial charge in [0.05, 0.1) is 30.4 Å². The van der Waals surface area contributed by atoms with Crippen LogP contribution in [0.5, 0.6) is 5.75 Å². The number of hydrogen-bond acceptors (Lipinski definition) is 5. The third-order valence-corrected chi connectivity index (χ3v) is 16.3. The summed E-state index contributed by atoms with van der Waals surface area (Å²) in [6.45, 7) is 13.0. The molecule has 69 heavy (non-hydrogen) atoms. The molecule has 4 rings (SSSR count). The third kappa shape index (κ3) is 26.2. The van der Waals surface area contributed by atoms with Gasteiger partial charge in [-0.25, -0.2) is 9.59 Å². The fourth-order valence-corrected chi connectivity index (χ4v) is 5.77. The Kier molecular flexibility index (Phi) is 32.1. The van der Waals surface area contributed by atoms with E-state index in [9.17, 15) is 14.7 Å². The van der Waals surface area contributed by atoms with Crippen LogP contribution in [-0.2, 0) is 9.47 Å². The average molecular weight is 953 g/mol. The van der Waals surface area contributed by atoms with Crippen LogP contribution in [0.4, 0.5) is 0 Å². The van der Waals surface area contributed by atoms with Crippen LogP contribution in [0.15, 0.2) is 84.9 Å². The zero-order valence-electron chi connectivity index (χ0n) is 40.7. The maximum Gasteiger partial charge on any atom is 0.337 e. The molecule has 0 heterocycles. The van der Waals surface area contributed by atoms with Crippen molar-refractivity contribution in [2.75, 3.05) is 14.2 Å². The maximum absolute atomic E-state index is 11.5. The molecule has 4 aromatic carbocycles. The first-order valence-corrected chi connectivity index (χ1v) is 26.2. The molecular formula is C39H43B21Cl3O5Si. The molecule has 25 radical (unpaired) electrons. The molecule has 5 nitrogen and oxygen atoms in total. The number of phenols is 1. The van der Waals surface area contributed by atoms with E-state index < -0.39 is 52.1 Å². The summed E-state index contributed by atoms with van der Waals surface area (Å²) in [5, 5.41) is 10.8. The number of hydrogen-bond donors (Lipinski definition) is 1. The molecule has 0 aliphatic carbocycles. The minimum absolute atomic E-state index is 0.125. The topological polar surface area (TPSA) is 72.8 Å². The summed E-state index contributed by atoms with van der Waals surface area (Å²) in [5.74, 6) is -0.587. The Hall–Kier alpha value is -2.45. The van der Waals surface area contributed by atoms with Crippen LogP contribution in [-0.4, -0.2) is 190 Å². The zero-order valence-corrected chi connectivity index (χ0v) is 44.0. The number of phenolic OH excluding ortho intramolecular Hbond substituents is 1. The maximum atomic E-state index is 11.5. The van der Waals surface area contributed by atoms with Gasteiger partial charge in [0.25, 0.3) is 0 Å². The quantitative estimate of drug-likeness (QED) is 0.0957. The molecule has 0 aliphatic rings. The summed E-state index contributed by atoms with van der Waals surface area (Å²) >= 11 is 18.3. The number of rotatable bonds is 13. The second-order valence-corrected chi connectivity index (χ2v) is 25.3. The summed E-state index contributed by atoms with van der Waals surface area (Å²) in [6, 6.07) is 25.0. The Balaban J connectivity index is 0.000000882. The number of methoxy groups -OCH3 is 2. The van der Waals surface area contributed by atoms with E-state index in [-0.39, 0.29) is 24.1 Å². The highest BCUT2D eigenvalue weighted by molar-refractivity contribution is 8.02. The van der Waals surface area contributed by atoms with Gasteiger partial charge >= 0.3 is 11.9 Å². The van der Waals surface area contributed by atoms with Gasteiger partial charge in [-0.05, 0) is 88.3 Å². The lowest BCUT2D eigenvalue weighted by Crippen LogP contribution is -2.63. The van der Waals surface area contributed by atoms with E-state index >= 15 is 0 Å². The second kappa shape index (κ2) is 33.3. The van der Waals surface area contributed by atoms with Crippen LogP contribution in [0.1, 0.15) is 69.3 Å². The minimum atomic E-state index is -1.39. The fourth-order valence-electron chi connectivity index (χ4n) is 5.23. The summed E-state index contributed by atoms with van der Waals surface area (Å²) in [4.78, 5) is 22.9. The molecule has 1 N–H and O–H groups in total. The standard InChI is InChI=1S/C17H15ClO2.C16H13ClO3.C6H15ClSi.B11.B10/c1-12-6-8-14(16(18)10-12)9-7-13-4-3-5-15(11-13)17(19)20-2;1-20-16(19)13-4-2-3-11(9-13)5-6-12-7-8-14(18)10-15(12)17;1-6(2,3)8(4,5)7;1-7-10(6)11(8(2)3)9(4)5;1-7(2)10(8(3)4)9(5)6/h3-11H,1-2H3;2-10,18H,1H3;1-5H3;;/b9-7+;6-5+;;;. The van der Waals surface area contributed by atoms with Crippen molar-refractivity contribution >= 4 is 229 Å². The predicted molar refractivity (Wildman–Crippen MR) is 327 cm³/mol. The predicted octanol–water partition coefficient (Wildman–Crippen LogP) is 3.84. The van der Waals surface area contributed by atoms with Crippen LogP contribution >= 0.6 is 34.3 Å². The van der Waals surface area contributed by atoms with Gasteiger partial charge in [-0.2, -0.15) is 11.1 Å². The SMILES string of the molecule is CC(C)(C)[Si](C)(C)Cl.COC(=O)c1cccc(/C=C/c2ccc(C)cc2Cl)c1.COC(=O)c1cccc(/C=C/c2ccc(O)cc2Cl)c1.[B]B([B])B(B([B])[B])B([B])[B].[B][B]B([B])B(B([B])[B])B([B])[B]. The summed E-state index contributed by atoms with van der Waals surface area (Å²) in [6.07, 6.45) is 2.91. The van der Waals surface area contributed by atoms with Crippen LogP contribution in [0.3, 0.4) is 0 Å². The molecule has 0 fully saturated rings. The first kappa shape index (κ1) is 66.6. The number of aromatic hydroxyl groups is 1. The highest BCUT2D eigenvalue weighted by Gasteiger charge is 2.33. The Morgan fingerprint density at radius 2 is 0.971 bits per heavy atom. The fraction of sp³-hybridized carbons (Fsp3) is 0.231. The normalized spacial score (nSPS) is 10.4. The molecule has 0 bridgehead atoms. The summed E-state index contributed by atoms with van der Waals surface area (Å²) in [7, 11) is 66.6. The third-order valence-electron chi connectivity index (χ3n) is 10.3. The van der Waals surface area contributed by atoms with Gasteiger partial charge in [-0.3, -0.25) is 0 Å². The highest BCUT2D eigenvalue weighted by atomic mass is 35.6. The zero-order chi connectivity index (χ0) is 53.4. The largest absolute Gasteiger partial charge is 0.508 e. The van der Waals surface area contributed by atoms with Crippen molar-refractivity contribution in [3.8, 4) is 5.75 Å². The van der Waals surface area contributed by atoms with E-state index in [1.807, 2.05) is 67.6 Å². The number of aryl methyl sites for hydroxylation is 1. The van der Waals surface area contributed by atoms with Crippen LogP contribution in [0.25, 0.3) is 24.3 Å². The van der Waals surface area contributed by atoms with Gasteiger partial charge in [0, 0.05) is 156 Å². The number of esters is 2. The number of carbonyl (C=O) groups excluding carboxylic acids is 2. The average Bonchev–Trinajstić information content (AvgIpc) is 3.25. The lowest BCUT2D eigenvalue weighted by molar-refractivity contribution is 0.0592. The number of halogens is 3. The molecular weight excluding hydrogens is 910 g/mol. The Morgan fingerprint density at radius 3 is 1.25 bits per heavy atom. The van der Waals surface area contributed by atoms with Crippen LogP contribution in [0, 0.1) is 6.92 Å². The molecule has 0 atom stereocenters. The number of ether oxygens (including phenoxy) is 2. The molecule has 0 saturated heterocycles. The van der Waals surface area contributed by atoms with Gasteiger partial charge in [0.2, 0.25) is 0 Å². The van der Waals surface area contributed by atoms with Gasteiger partial charge in [0.15, 0.2) is 7.38 Å². The summed E-state index contributed by atoms with van der Waals surface area (Å²) < 4.78 is 9.38. The molecule has 0 amide bonds. The van der Waals surface area contributed by atoms with Crippen molar-refractivity contribution in [2.45, 2.75) is 45.8 Å². The molecule has 30 heteroatoms. The van der Waals surface area contributed by atoms with Crippen molar-refractivity contribution in [3.05, 3.63) is 134 Å². The molecule has 317 valence electrons. The Labute approximate surface area is 449 Å². The molecule has 0 aromatic heterocycles. The highest BCUT2D eigenvalue weighted by Crippen LogP contribution is 2.38. The summed E-state index contributed by atoms with van der Waals surface area (Å²) in [5.41, 5.74) is 5.66. The van der Waals surface area contributed by atoms with Crippen molar-refractivity contribution < 1.29 is 24.2 Å². The van der Waals surface area contributed by atoms with Crippen LogP contribution in [0.2, 0.25) is 28.2 Å². The van der Waals surface area contributed by atoms with E-state index in [1.165, 1.54) is 27.3 Å². The van der Waals surface area contributed by atoms with Gasteiger partial charge in [0.1, 0.15) is 5.75 Å². The van der Waals surface area contributed by atoms with E-state index in [0.29, 0.717) is 26.2 Å². The Morgan fingerprint density at radius 1 is 0.609 bits per heavy atom. The van der Waals surface area contributed by atoms with Gasteiger partial charge < -0.3 is 14.6 Å². The van der Waals surface area contributed by atoms with E-state index in [1.54, 1.807) is 42.5 Å². The van der Waals surface area contributed by atoms with Gasteiger partial charge in [-0.1, -0.05) is 118 Å². The van der Waals surface area contributed by atoms with Crippen molar-refractivity contribution in [3.63, 3.8) is 0 Å². The molecule has 0 saturated carbocycles. The first-order chi connectivity index (χ1) is 31.9. The second-order valence-electron chi connectivity index (χ2n) is 17.2. The van der Waals surface area contributed by atoms with Gasteiger partial charge in [-0.15, -0.1) is 0 Å². The Bertz CT molecular complexity index is 2080. The molecule has 0 unspecified atom stereocenters.